The van der Waals surface area contributed by atoms with Gasteiger partial charge in [0.05, 0.1) is 56.2 Å². The molecule has 1 fully saturated rings. The van der Waals surface area contributed by atoms with E-state index in [0.29, 0.717) is 49.9 Å². The summed E-state index contributed by atoms with van der Waals surface area (Å²) in [5.74, 6) is 0.668. The molecule has 3 rings (SSSR count). The zero-order chi connectivity index (χ0) is 27.7. The predicted molar refractivity (Wildman–Crippen MR) is 144 cm³/mol. The van der Waals surface area contributed by atoms with E-state index < -0.39 is 16.1 Å². The van der Waals surface area contributed by atoms with E-state index in [2.05, 4.69) is 15.4 Å². The first-order valence-electron chi connectivity index (χ1n) is 12.3. The standard InChI is InChI=1S/C25H34N4O8S/c1-5-35-21-9-8-17(14-18(21)24(30)29-10-12-34-13-11-29)26-25(31)27-19-15-23(37-7-3)20(28-38(4,32)33)16-22(19)36-6-2/h8-9,14-16,28H,5-7,10-13H2,1-4H3,(H2,26,27,31). The molecule has 0 aliphatic carbocycles. The van der Waals surface area contributed by atoms with Crippen molar-refractivity contribution in [3.63, 3.8) is 0 Å². The van der Waals surface area contributed by atoms with E-state index in [1.165, 1.54) is 12.1 Å². The molecule has 0 bridgehead atoms. The first kappa shape index (κ1) is 28.9. The van der Waals surface area contributed by atoms with Crippen LogP contribution in [-0.4, -0.2) is 77.6 Å². The molecule has 0 atom stereocenters. The maximum absolute atomic E-state index is 13.2. The minimum absolute atomic E-state index is 0.182. The zero-order valence-electron chi connectivity index (χ0n) is 22.0. The van der Waals surface area contributed by atoms with Gasteiger partial charge in [-0.3, -0.25) is 9.52 Å². The Morgan fingerprint density at radius 2 is 1.45 bits per heavy atom. The van der Waals surface area contributed by atoms with Gasteiger partial charge in [-0.2, -0.15) is 0 Å². The Morgan fingerprint density at radius 1 is 0.868 bits per heavy atom. The summed E-state index contributed by atoms with van der Waals surface area (Å²) in [6, 6.07) is 7.16. The maximum atomic E-state index is 13.2. The number of hydrogen-bond donors (Lipinski definition) is 3. The van der Waals surface area contributed by atoms with Gasteiger partial charge in [0.2, 0.25) is 10.0 Å². The number of carbonyl (C=O) groups excluding carboxylic acids is 2. The SMILES string of the molecule is CCOc1cc(NS(C)(=O)=O)c(OCC)cc1NC(=O)Nc1ccc(OCC)c(C(=O)N2CCOCC2)c1. The topological polar surface area (TPSA) is 145 Å². The van der Waals surface area contributed by atoms with Crippen LogP contribution in [0.1, 0.15) is 31.1 Å². The summed E-state index contributed by atoms with van der Waals surface area (Å²) in [7, 11) is -3.59. The van der Waals surface area contributed by atoms with Gasteiger partial charge in [-0.1, -0.05) is 0 Å². The maximum Gasteiger partial charge on any atom is 0.323 e. The Kier molecular flexibility index (Phi) is 10.0. The van der Waals surface area contributed by atoms with Crippen LogP contribution in [0, 0.1) is 0 Å². The van der Waals surface area contributed by atoms with Crippen molar-refractivity contribution in [1.29, 1.82) is 0 Å². The molecule has 12 nitrogen and oxygen atoms in total. The van der Waals surface area contributed by atoms with Gasteiger partial charge in [0.15, 0.2) is 0 Å². The van der Waals surface area contributed by atoms with Crippen molar-refractivity contribution < 1.29 is 37.0 Å². The molecule has 1 aliphatic heterocycles. The fourth-order valence-electron chi connectivity index (χ4n) is 3.76. The molecule has 2 aromatic carbocycles. The van der Waals surface area contributed by atoms with Crippen LogP contribution < -0.4 is 29.6 Å². The van der Waals surface area contributed by atoms with Crippen molar-refractivity contribution in [2.45, 2.75) is 20.8 Å². The van der Waals surface area contributed by atoms with E-state index in [-0.39, 0.29) is 42.0 Å². The lowest BCUT2D eigenvalue weighted by Crippen LogP contribution is -2.40. The van der Waals surface area contributed by atoms with Gasteiger partial charge < -0.3 is 34.5 Å². The van der Waals surface area contributed by atoms with E-state index in [1.54, 1.807) is 36.9 Å². The summed E-state index contributed by atoms with van der Waals surface area (Å²) in [5, 5.41) is 5.43. The zero-order valence-corrected chi connectivity index (χ0v) is 22.8. The van der Waals surface area contributed by atoms with Crippen molar-refractivity contribution in [2.24, 2.45) is 0 Å². The van der Waals surface area contributed by atoms with Gasteiger partial charge in [-0.05, 0) is 39.0 Å². The van der Waals surface area contributed by atoms with Crippen molar-refractivity contribution in [3.8, 4) is 17.2 Å². The lowest BCUT2D eigenvalue weighted by molar-refractivity contribution is 0.0300. The number of anilines is 3. The summed E-state index contributed by atoms with van der Waals surface area (Å²) >= 11 is 0. The molecule has 0 saturated carbocycles. The molecule has 0 aromatic heterocycles. The van der Waals surface area contributed by atoms with Crippen LogP contribution in [0.2, 0.25) is 0 Å². The van der Waals surface area contributed by atoms with E-state index >= 15 is 0 Å². The summed E-state index contributed by atoms with van der Waals surface area (Å²) in [6.45, 7) is 8.11. The van der Waals surface area contributed by atoms with E-state index in [4.69, 9.17) is 18.9 Å². The minimum Gasteiger partial charge on any atom is -0.493 e. The largest absolute Gasteiger partial charge is 0.493 e. The molecule has 3 amide bonds. The highest BCUT2D eigenvalue weighted by Gasteiger charge is 2.23. The number of hydrogen-bond acceptors (Lipinski definition) is 8. The molecule has 208 valence electrons. The third-order valence-corrected chi connectivity index (χ3v) is 5.88. The van der Waals surface area contributed by atoms with Crippen molar-refractivity contribution in [1.82, 2.24) is 4.90 Å². The smallest absolute Gasteiger partial charge is 0.323 e. The number of amides is 3. The quantitative estimate of drug-likeness (QED) is 0.386. The predicted octanol–water partition coefficient (Wildman–Crippen LogP) is 3.37. The molecule has 1 saturated heterocycles. The molecule has 2 aromatic rings. The van der Waals surface area contributed by atoms with E-state index in [0.717, 1.165) is 6.26 Å². The first-order chi connectivity index (χ1) is 18.1. The fraction of sp³-hybridized carbons (Fsp3) is 0.440. The Labute approximate surface area is 222 Å². The normalized spacial score (nSPS) is 13.4. The number of sulfonamides is 1. The number of benzene rings is 2. The van der Waals surface area contributed by atoms with Crippen LogP contribution in [0.25, 0.3) is 0 Å². The van der Waals surface area contributed by atoms with Gasteiger partial charge in [0.25, 0.3) is 5.91 Å². The number of nitrogens with one attached hydrogen (secondary N) is 3. The third-order valence-electron chi connectivity index (χ3n) is 5.29. The highest BCUT2D eigenvalue weighted by molar-refractivity contribution is 7.92. The Hall–Kier alpha value is -3.71. The second-order valence-electron chi connectivity index (χ2n) is 8.21. The monoisotopic (exact) mass is 550 g/mol. The molecule has 1 aliphatic rings. The van der Waals surface area contributed by atoms with E-state index in [1.807, 2.05) is 6.92 Å². The Bertz CT molecular complexity index is 1250. The van der Waals surface area contributed by atoms with Gasteiger partial charge >= 0.3 is 6.03 Å². The average Bonchev–Trinajstić information content (AvgIpc) is 2.87. The van der Waals surface area contributed by atoms with Crippen molar-refractivity contribution >= 4 is 39.0 Å². The molecular formula is C25H34N4O8S. The number of morpholine rings is 1. The average molecular weight is 551 g/mol. The number of carbonyl (C=O) groups is 2. The summed E-state index contributed by atoms with van der Waals surface area (Å²) in [5.41, 5.74) is 1.15. The molecule has 13 heteroatoms. The number of nitrogens with zero attached hydrogens (tertiary/aromatic N) is 1. The van der Waals surface area contributed by atoms with Crippen LogP contribution >= 0.6 is 0 Å². The second kappa shape index (κ2) is 13.2. The summed E-state index contributed by atoms with van der Waals surface area (Å²) in [6.07, 6.45) is 1.03. The summed E-state index contributed by atoms with van der Waals surface area (Å²) in [4.78, 5) is 27.8. The van der Waals surface area contributed by atoms with Crippen LogP contribution in [0.4, 0.5) is 21.9 Å². The molecule has 1 heterocycles. The second-order valence-corrected chi connectivity index (χ2v) is 9.96. The van der Waals surface area contributed by atoms with Gasteiger partial charge in [0, 0.05) is 30.9 Å². The lowest BCUT2D eigenvalue weighted by atomic mass is 10.1. The minimum atomic E-state index is -3.59. The van der Waals surface area contributed by atoms with Crippen LogP contribution in [0.5, 0.6) is 17.2 Å². The Morgan fingerprint density at radius 3 is 2.05 bits per heavy atom. The van der Waals surface area contributed by atoms with Gasteiger partial charge in [-0.25, -0.2) is 13.2 Å². The van der Waals surface area contributed by atoms with Crippen LogP contribution in [0.3, 0.4) is 0 Å². The van der Waals surface area contributed by atoms with Crippen molar-refractivity contribution in [3.05, 3.63) is 35.9 Å². The molecule has 0 unspecified atom stereocenters. The molecule has 0 spiro atoms. The van der Waals surface area contributed by atoms with Gasteiger partial charge in [-0.15, -0.1) is 0 Å². The molecule has 0 radical (unpaired) electrons. The number of ether oxygens (including phenoxy) is 4. The molecule has 38 heavy (non-hydrogen) atoms. The number of rotatable bonds is 11. The molecule has 3 N–H and O–H groups in total. The van der Waals surface area contributed by atoms with Gasteiger partial charge in [0.1, 0.15) is 17.2 Å². The first-order valence-corrected chi connectivity index (χ1v) is 14.2. The summed E-state index contributed by atoms with van der Waals surface area (Å²) < 4.78 is 48.2. The third kappa shape index (κ3) is 7.89. The van der Waals surface area contributed by atoms with Crippen LogP contribution in [-0.2, 0) is 14.8 Å². The highest BCUT2D eigenvalue weighted by Crippen LogP contribution is 2.37. The fourth-order valence-corrected chi connectivity index (χ4v) is 4.32. The Balaban J connectivity index is 1.85. The van der Waals surface area contributed by atoms with Crippen LogP contribution in [0.15, 0.2) is 30.3 Å². The lowest BCUT2D eigenvalue weighted by Gasteiger charge is -2.27. The highest BCUT2D eigenvalue weighted by atomic mass is 32.2. The van der Waals surface area contributed by atoms with E-state index in [9.17, 15) is 18.0 Å². The van der Waals surface area contributed by atoms with Crippen molar-refractivity contribution in [2.75, 3.05) is 67.7 Å². The number of urea groups is 1. The molecular weight excluding hydrogens is 516 g/mol.